The molecule has 26 heavy (non-hydrogen) atoms. The number of ether oxygens (including phenoxy) is 2. The molecule has 0 heterocycles. The molecule has 0 saturated heterocycles. The Morgan fingerprint density at radius 3 is 2.69 bits per heavy atom. The Morgan fingerprint density at radius 1 is 1.15 bits per heavy atom. The van der Waals surface area contributed by atoms with E-state index in [0.717, 1.165) is 11.3 Å². The van der Waals surface area contributed by atoms with Crippen LogP contribution in [0.4, 0.5) is 5.69 Å². The van der Waals surface area contributed by atoms with Crippen molar-refractivity contribution >= 4 is 29.1 Å². The number of anilines is 1. The van der Waals surface area contributed by atoms with Crippen molar-refractivity contribution in [1.29, 1.82) is 0 Å². The fourth-order valence-electron chi connectivity index (χ4n) is 2.23. The van der Waals surface area contributed by atoms with E-state index < -0.39 is 5.91 Å². The quantitative estimate of drug-likeness (QED) is 0.657. The SMILES string of the molecule is Cc1cc(Cl)ccc1OCCCC(=O)Nc1cccc(OCC(N)=O)c1. The summed E-state index contributed by atoms with van der Waals surface area (Å²) in [6.45, 7) is 2.14. The third kappa shape index (κ3) is 6.64. The number of benzene rings is 2. The summed E-state index contributed by atoms with van der Waals surface area (Å²) >= 11 is 5.90. The fraction of sp³-hybridized carbons (Fsp3) is 0.263. The molecule has 0 fully saturated rings. The fourth-order valence-corrected chi connectivity index (χ4v) is 2.46. The van der Waals surface area contributed by atoms with Gasteiger partial charge >= 0.3 is 0 Å². The summed E-state index contributed by atoms with van der Waals surface area (Å²) in [4.78, 5) is 22.7. The molecule has 138 valence electrons. The van der Waals surface area contributed by atoms with E-state index in [1.165, 1.54) is 0 Å². The molecule has 0 aliphatic heterocycles. The molecule has 0 atom stereocenters. The lowest BCUT2D eigenvalue weighted by molar-refractivity contribution is -0.120. The van der Waals surface area contributed by atoms with E-state index >= 15 is 0 Å². The van der Waals surface area contributed by atoms with Crippen molar-refractivity contribution in [2.45, 2.75) is 19.8 Å². The molecule has 0 unspecified atom stereocenters. The number of nitrogens with two attached hydrogens (primary N) is 1. The first-order chi connectivity index (χ1) is 12.4. The van der Waals surface area contributed by atoms with Gasteiger partial charge in [0.2, 0.25) is 5.91 Å². The normalized spacial score (nSPS) is 10.2. The number of rotatable bonds is 9. The van der Waals surface area contributed by atoms with E-state index in [9.17, 15) is 9.59 Å². The zero-order chi connectivity index (χ0) is 18.9. The molecule has 0 aliphatic carbocycles. The molecule has 0 saturated carbocycles. The second-order valence-electron chi connectivity index (χ2n) is 5.69. The summed E-state index contributed by atoms with van der Waals surface area (Å²) in [6.07, 6.45) is 0.894. The maximum Gasteiger partial charge on any atom is 0.255 e. The van der Waals surface area contributed by atoms with Gasteiger partial charge in [-0.15, -0.1) is 0 Å². The number of primary amides is 1. The average molecular weight is 377 g/mol. The highest BCUT2D eigenvalue weighted by molar-refractivity contribution is 6.30. The third-order valence-corrected chi connectivity index (χ3v) is 3.68. The standard InChI is InChI=1S/C19H21ClN2O4/c1-13-10-14(20)7-8-17(13)25-9-3-6-19(24)22-15-4-2-5-16(11-15)26-12-18(21)23/h2,4-5,7-8,10-11H,3,6,9,12H2,1H3,(H2,21,23)(H,22,24). The van der Waals surface area contributed by atoms with E-state index in [4.69, 9.17) is 26.8 Å². The molecule has 2 aromatic carbocycles. The number of amides is 2. The van der Waals surface area contributed by atoms with Gasteiger partial charge in [-0.2, -0.15) is 0 Å². The Morgan fingerprint density at radius 2 is 1.96 bits per heavy atom. The number of aryl methyl sites for hydroxylation is 1. The Balaban J connectivity index is 1.74. The predicted molar refractivity (Wildman–Crippen MR) is 101 cm³/mol. The van der Waals surface area contributed by atoms with Gasteiger partial charge in [0, 0.05) is 23.2 Å². The lowest BCUT2D eigenvalue weighted by Gasteiger charge is -2.10. The molecule has 0 aromatic heterocycles. The Hall–Kier alpha value is -2.73. The van der Waals surface area contributed by atoms with Crippen LogP contribution in [0.25, 0.3) is 0 Å². The number of nitrogens with one attached hydrogen (secondary N) is 1. The summed E-state index contributed by atoms with van der Waals surface area (Å²) in [7, 11) is 0. The molecule has 3 N–H and O–H groups in total. The molecule has 7 heteroatoms. The van der Waals surface area contributed by atoms with Crippen LogP contribution in [0.2, 0.25) is 5.02 Å². The smallest absolute Gasteiger partial charge is 0.255 e. The van der Waals surface area contributed by atoms with Crippen LogP contribution in [0, 0.1) is 6.92 Å². The van der Waals surface area contributed by atoms with Crippen molar-refractivity contribution in [3.8, 4) is 11.5 Å². The summed E-state index contributed by atoms with van der Waals surface area (Å²) < 4.78 is 10.9. The topological polar surface area (TPSA) is 90.7 Å². The number of carbonyl (C=O) groups excluding carboxylic acids is 2. The van der Waals surface area contributed by atoms with Gasteiger partial charge in [-0.25, -0.2) is 0 Å². The molecule has 0 aliphatic rings. The lowest BCUT2D eigenvalue weighted by atomic mass is 10.2. The molecule has 0 spiro atoms. The van der Waals surface area contributed by atoms with Crippen molar-refractivity contribution in [3.63, 3.8) is 0 Å². The Bertz CT molecular complexity index is 780. The van der Waals surface area contributed by atoms with Crippen molar-refractivity contribution in [2.75, 3.05) is 18.5 Å². The minimum Gasteiger partial charge on any atom is -0.493 e. The van der Waals surface area contributed by atoms with Gasteiger partial charge in [0.1, 0.15) is 11.5 Å². The summed E-state index contributed by atoms with van der Waals surface area (Å²) in [6, 6.07) is 12.2. The van der Waals surface area contributed by atoms with Crippen LogP contribution in [0.5, 0.6) is 11.5 Å². The van der Waals surface area contributed by atoms with E-state index in [1.54, 1.807) is 30.3 Å². The minimum absolute atomic E-state index is 0.131. The highest BCUT2D eigenvalue weighted by atomic mass is 35.5. The van der Waals surface area contributed by atoms with Crippen LogP contribution in [0.15, 0.2) is 42.5 Å². The number of hydrogen-bond donors (Lipinski definition) is 2. The van der Waals surface area contributed by atoms with Crippen molar-refractivity contribution < 1.29 is 19.1 Å². The highest BCUT2D eigenvalue weighted by Gasteiger charge is 2.06. The highest BCUT2D eigenvalue weighted by Crippen LogP contribution is 2.22. The molecule has 0 radical (unpaired) electrons. The van der Waals surface area contributed by atoms with Crippen molar-refractivity contribution in [1.82, 2.24) is 0 Å². The van der Waals surface area contributed by atoms with Gasteiger partial charge in [0.15, 0.2) is 6.61 Å². The monoisotopic (exact) mass is 376 g/mol. The Kier molecular flexibility index (Phi) is 7.29. The predicted octanol–water partition coefficient (Wildman–Crippen LogP) is 3.31. The average Bonchev–Trinajstić information content (AvgIpc) is 2.59. The van der Waals surface area contributed by atoms with E-state index in [1.807, 2.05) is 19.1 Å². The summed E-state index contributed by atoms with van der Waals surface area (Å²) in [5.41, 5.74) is 6.58. The maximum atomic E-state index is 12.0. The van der Waals surface area contributed by atoms with Crippen LogP contribution in [0.1, 0.15) is 18.4 Å². The zero-order valence-electron chi connectivity index (χ0n) is 14.5. The molecule has 2 rings (SSSR count). The van der Waals surface area contributed by atoms with Crippen molar-refractivity contribution in [2.24, 2.45) is 5.73 Å². The largest absolute Gasteiger partial charge is 0.493 e. The van der Waals surface area contributed by atoms with E-state index in [2.05, 4.69) is 5.32 Å². The molecule has 6 nitrogen and oxygen atoms in total. The van der Waals surface area contributed by atoms with Gasteiger partial charge in [-0.05, 0) is 49.2 Å². The zero-order valence-corrected chi connectivity index (χ0v) is 15.2. The maximum absolute atomic E-state index is 12.0. The molecule has 2 amide bonds. The van der Waals surface area contributed by atoms with Crippen LogP contribution in [-0.2, 0) is 9.59 Å². The first kappa shape index (κ1) is 19.6. The van der Waals surface area contributed by atoms with Crippen LogP contribution < -0.4 is 20.5 Å². The molecular weight excluding hydrogens is 356 g/mol. The first-order valence-electron chi connectivity index (χ1n) is 8.14. The van der Waals surface area contributed by atoms with E-state index in [-0.39, 0.29) is 12.5 Å². The summed E-state index contributed by atoms with van der Waals surface area (Å²) in [5.74, 6) is 0.529. The van der Waals surface area contributed by atoms with E-state index in [0.29, 0.717) is 35.9 Å². The van der Waals surface area contributed by atoms with Gasteiger partial charge in [-0.3, -0.25) is 9.59 Å². The number of halogens is 1. The van der Waals surface area contributed by atoms with Gasteiger partial charge < -0.3 is 20.5 Å². The summed E-state index contributed by atoms with van der Waals surface area (Å²) in [5, 5.41) is 3.44. The van der Waals surface area contributed by atoms with Crippen LogP contribution in [0.3, 0.4) is 0 Å². The third-order valence-electron chi connectivity index (χ3n) is 3.44. The van der Waals surface area contributed by atoms with Gasteiger partial charge in [-0.1, -0.05) is 17.7 Å². The minimum atomic E-state index is -0.560. The van der Waals surface area contributed by atoms with Crippen molar-refractivity contribution in [3.05, 3.63) is 53.1 Å². The molecule has 2 aromatic rings. The van der Waals surface area contributed by atoms with Gasteiger partial charge in [0.05, 0.1) is 6.61 Å². The lowest BCUT2D eigenvalue weighted by Crippen LogP contribution is -2.20. The van der Waals surface area contributed by atoms with Crippen LogP contribution in [-0.4, -0.2) is 25.0 Å². The second-order valence-corrected chi connectivity index (χ2v) is 6.13. The number of carbonyl (C=O) groups is 2. The van der Waals surface area contributed by atoms with Gasteiger partial charge in [0.25, 0.3) is 5.91 Å². The molecule has 0 bridgehead atoms. The first-order valence-corrected chi connectivity index (χ1v) is 8.52. The van der Waals surface area contributed by atoms with Crippen LogP contribution >= 0.6 is 11.6 Å². The Labute approximate surface area is 157 Å². The molecular formula is C19H21ClN2O4. The number of hydrogen-bond acceptors (Lipinski definition) is 4. The second kappa shape index (κ2) is 9.68.